The van der Waals surface area contributed by atoms with Gasteiger partial charge in [0.2, 0.25) is 0 Å². The van der Waals surface area contributed by atoms with E-state index in [0.29, 0.717) is 13.0 Å². The molecule has 1 N–H and O–H groups in total. The zero-order valence-corrected chi connectivity index (χ0v) is 18.3. The summed E-state index contributed by atoms with van der Waals surface area (Å²) in [6.07, 6.45) is 4.03. The Morgan fingerprint density at radius 1 is 1.21 bits per heavy atom. The van der Waals surface area contributed by atoms with Crippen LogP contribution in [0, 0.1) is 11.8 Å². The number of carbonyl (C=O) groups excluding carboxylic acids is 1. The minimum absolute atomic E-state index is 0.106. The maximum Gasteiger partial charge on any atom is 0.256 e. The topological polar surface area (TPSA) is 50.8 Å². The average molecular weight is 391 g/mol. The summed E-state index contributed by atoms with van der Waals surface area (Å²) in [4.78, 5) is 15.1. The monoisotopic (exact) mass is 390 g/mol. The number of unbranched alkanes of at least 4 members (excludes halogenated alkanes) is 1. The molecule has 0 bridgehead atoms. The van der Waals surface area contributed by atoms with E-state index in [9.17, 15) is 4.79 Å². The summed E-state index contributed by atoms with van der Waals surface area (Å²) < 4.78 is 11.4. The predicted molar refractivity (Wildman–Crippen MR) is 115 cm³/mol. The normalized spacial score (nSPS) is 22.5. The third-order valence-corrected chi connectivity index (χ3v) is 5.67. The van der Waals surface area contributed by atoms with Crippen LogP contribution in [0.3, 0.4) is 0 Å². The number of anilines is 1. The van der Waals surface area contributed by atoms with E-state index in [1.807, 2.05) is 31.2 Å². The highest BCUT2D eigenvalue weighted by atomic mass is 16.5. The lowest BCUT2D eigenvalue weighted by Crippen LogP contribution is -2.41. The van der Waals surface area contributed by atoms with E-state index in [2.05, 4.69) is 31.0 Å². The number of piperidine rings is 1. The molecule has 1 aromatic rings. The molecular weight excluding hydrogens is 352 g/mol. The molecule has 158 valence electrons. The van der Waals surface area contributed by atoms with Crippen LogP contribution in [0.2, 0.25) is 0 Å². The third kappa shape index (κ3) is 6.78. The average Bonchev–Trinajstić information content (AvgIpc) is 2.66. The molecule has 1 amide bonds. The van der Waals surface area contributed by atoms with Crippen molar-refractivity contribution in [2.75, 3.05) is 38.7 Å². The molecule has 3 atom stereocenters. The predicted octanol–water partition coefficient (Wildman–Crippen LogP) is 4.58. The molecule has 0 spiro atoms. The molecule has 0 aliphatic carbocycles. The second-order valence-corrected chi connectivity index (χ2v) is 8.57. The Morgan fingerprint density at radius 3 is 2.43 bits per heavy atom. The van der Waals surface area contributed by atoms with Crippen LogP contribution in [0.1, 0.15) is 53.4 Å². The molecule has 0 aromatic heterocycles. The van der Waals surface area contributed by atoms with Gasteiger partial charge < -0.3 is 14.8 Å². The van der Waals surface area contributed by atoms with Crippen molar-refractivity contribution >= 4 is 11.6 Å². The number of nitrogens with zero attached hydrogens (tertiary/aromatic N) is 1. The first kappa shape index (κ1) is 22.7. The number of nitrogens with one attached hydrogen (secondary N) is 1. The summed E-state index contributed by atoms with van der Waals surface area (Å²) in [6, 6.07) is 7.59. The number of likely N-dealkylation sites (tertiary alicyclic amines) is 1. The smallest absolute Gasteiger partial charge is 0.256 e. The zero-order valence-electron chi connectivity index (χ0n) is 18.3. The number of methoxy groups -OCH3 is 1. The van der Waals surface area contributed by atoms with Crippen molar-refractivity contribution in [2.24, 2.45) is 11.8 Å². The molecule has 0 unspecified atom stereocenters. The van der Waals surface area contributed by atoms with Crippen LogP contribution in [-0.4, -0.2) is 49.8 Å². The molecule has 1 aliphatic rings. The van der Waals surface area contributed by atoms with E-state index < -0.39 is 5.60 Å². The standard InChI is InChI=1S/C23H38N2O3/c1-6-7-12-23(4,27-5)22(26)24-20-8-10-21(11-9-20)28-14-13-25-16-18(2)15-19(3)17-25/h8-11,18-19H,6-7,12-17H2,1-5H3,(H,24,26)/t18-,19-,23+/m1/s1. The Balaban J connectivity index is 1.80. The Morgan fingerprint density at radius 2 is 1.86 bits per heavy atom. The van der Waals surface area contributed by atoms with E-state index in [4.69, 9.17) is 9.47 Å². The highest BCUT2D eigenvalue weighted by Crippen LogP contribution is 2.23. The third-order valence-electron chi connectivity index (χ3n) is 5.67. The van der Waals surface area contributed by atoms with Gasteiger partial charge in [0.1, 0.15) is 18.0 Å². The summed E-state index contributed by atoms with van der Waals surface area (Å²) in [7, 11) is 1.59. The molecule has 5 nitrogen and oxygen atoms in total. The largest absolute Gasteiger partial charge is 0.492 e. The lowest BCUT2D eigenvalue weighted by Gasteiger charge is -2.34. The van der Waals surface area contributed by atoms with Crippen molar-refractivity contribution in [3.8, 4) is 5.75 Å². The number of hydrogen-bond donors (Lipinski definition) is 1. The van der Waals surface area contributed by atoms with E-state index >= 15 is 0 Å². The van der Waals surface area contributed by atoms with Crippen molar-refractivity contribution in [2.45, 2.75) is 59.0 Å². The Bertz CT molecular complexity index is 594. The van der Waals surface area contributed by atoms with Gasteiger partial charge >= 0.3 is 0 Å². The number of hydrogen-bond acceptors (Lipinski definition) is 4. The van der Waals surface area contributed by atoms with Crippen LogP contribution < -0.4 is 10.1 Å². The lowest BCUT2D eigenvalue weighted by atomic mass is 9.92. The van der Waals surface area contributed by atoms with Gasteiger partial charge in [-0.3, -0.25) is 9.69 Å². The molecule has 1 aromatic carbocycles. The quantitative estimate of drug-likeness (QED) is 0.635. The Hall–Kier alpha value is -1.59. The van der Waals surface area contributed by atoms with Crippen LogP contribution >= 0.6 is 0 Å². The fourth-order valence-corrected chi connectivity index (χ4v) is 3.99. The Labute approximate surface area is 170 Å². The fraction of sp³-hybridized carbons (Fsp3) is 0.696. The number of carbonyl (C=O) groups is 1. The van der Waals surface area contributed by atoms with Crippen LogP contribution in [0.4, 0.5) is 5.69 Å². The highest BCUT2D eigenvalue weighted by molar-refractivity contribution is 5.97. The van der Waals surface area contributed by atoms with E-state index in [1.165, 1.54) is 6.42 Å². The van der Waals surface area contributed by atoms with Crippen molar-refractivity contribution in [3.63, 3.8) is 0 Å². The maximum absolute atomic E-state index is 12.6. The first-order chi connectivity index (χ1) is 13.4. The molecule has 1 heterocycles. The van der Waals surface area contributed by atoms with Gasteiger partial charge in [-0.05, 0) is 55.9 Å². The molecule has 0 saturated carbocycles. The molecule has 28 heavy (non-hydrogen) atoms. The van der Waals surface area contributed by atoms with Gasteiger partial charge in [0.05, 0.1) is 0 Å². The minimum atomic E-state index is -0.798. The lowest BCUT2D eigenvalue weighted by molar-refractivity contribution is -0.136. The molecule has 0 radical (unpaired) electrons. The zero-order chi connectivity index (χ0) is 20.6. The van der Waals surface area contributed by atoms with Gasteiger partial charge in [0.25, 0.3) is 5.91 Å². The van der Waals surface area contributed by atoms with Crippen molar-refractivity contribution < 1.29 is 14.3 Å². The molecule has 5 heteroatoms. The first-order valence-corrected chi connectivity index (χ1v) is 10.7. The number of rotatable bonds is 10. The van der Waals surface area contributed by atoms with Crippen LogP contribution in [0.25, 0.3) is 0 Å². The van der Waals surface area contributed by atoms with Crippen LogP contribution in [0.5, 0.6) is 5.75 Å². The summed E-state index contributed by atoms with van der Waals surface area (Å²) in [5, 5.41) is 2.96. The van der Waals surface area contributed by atoms with Gasteiger partial charge in [-0.15, -0.1) is 0 Å². The van der Waals surface area contributed by atoms with Gasteiger partial charge in [-0.1, -0.05) is 33.6 Å². The fourth-order valence-electron chi connectivity index (χ4n) is 3.99. The van der Waals surface area contributed by atoms with Crippen LogP contribution in [-0.2, 0) is 9.53 Å². The van der Waals surface area contributed by atoms with Crippen LogP contribution in [0.15, 0.2) is 24.3 Å². The second-order valence-electron chi connectivity index (χ2n) is 8.57. The SMILES string of the molecule is CCCC[C@](C)(OC)C(=O)Nc1ccc(OCCN2C[C@H](C)C[C@@H](C)C2)cc1. The first-order valence-electron chi connectivity index (χ1n) is 10.7. The number of ether oxygens (including phenoxy) is 2. The Kier molecular flexibility index (Phi) is 8.77. The number of benzene rings is 1. The molecular formula is C23H38N2O3. The second kappa shape index (κ2) is 10.8. The maximum atomic E-state index is 12.6. The minimum Gasteiger partial charge on any atom is -0.492 e. The van der Waals surface area contributed by atoms with Gasteiger partial charge in [-0.2, -0.15) is 0 Å². The number of amides is 1. The summed E-state index contributed by atoms with van der Waals surface area (Å²) in [5.74, 6) is 2.26. The highest BCUT2D eigenvalue weighted by Gasteiger charge is 2.32. The van der Waals surface area contributed by atoms with E-state index in [-0.39, 0.29) is 5.91 Å². The molecule has 1 fully saturated rings. The van der Waals surface area contributed by atoms with Gasteiger partial charge in [-0.25, -0.2) is 0 Å². The van der Waals surface area contributed by atoms with Gasteiger partial charge in [0, 0.05) is 32.4 Å². The van der Waals surface area contributed by atoms with Crippen molar-refractivity contribution in [3.05, 3.63) is 24.3 Å². The molecule has 2 rings (SSSR count). The summed E-state index contributed by atoms with van der Waals surface area (Å²) in [5.41, 5.74) is -0.0377. The molecule has 1 aliphatic heterocycles. The van der Waals surface area contributed by atoms with E-state index in [1.54, 1.807) is 7.11 Å². The van der Waals surface area contributed by atoms with E-state index in [0.717, 1.165) is 55.7 Å². The van der Waals surface area contributed by atoms with Crippen molar-refractivity contribution in [1.82, 2.24) is 4.90 Å². The van der Waals surface area contributed by atoms with Gasteiger partial charge in [0.15, 0.2) is 0 Å². The summed E-state index contributed by atoms with van der Waals surface area (Å²) >= 11 is 0. The van der Waals surface area contributed by atoms with Crippen molar-refractivity contribution in [1.29, 1.82) is 0 Å². The summed E-state index contributed by atoms with van der Waals surface area (Å²) in [6.45, 7) is 12.6. The molecule has 1 saturated heterocycles.